The molecular formula is C19H25N5O. The molecule has 6 heteroatoms. The molecule has 25 heavy (non-hydrogen) atoms. The Kier molecular flexibility index (Phi) is 5.60. The maximum Gasteiger partial charge on any atom is 0.225 e. The molecule has 1 fully saturated rings. The van der Waals surface area contributed by atoms with E-state index in [1.165, 1.54) is 11.1 Å². The van der Waals surface area contributed by atoms with Crippen LogP contribution >= 0.6 is 0 Å². The van der Waals surface area contributed by atoms with Crippen molar-refractivity contribution in [1.82, 2.24) is 14.9 Å². The Balaban J connectivity index is 1.42. The Labute approximate surface area is 148 Å². The number of aromatic nitrogens is 2. The molecular weight excluding hydrogens is 314 g/mol. The van der Waals surface area contributed by atoms with Crippen molar-refractivity contribution < 1.29 is 4.79 Å². The standard InChI is InChI=1S/C19H25N5O/c1-15-4-5-17(14-16(15)2)22-18(25)6-9-23-10-12-24(13-11-23)19-20-7-3-8-21-19/h3-5,7-8,14H,6,9-13H2,1-2H3,(H,22,25). The predicted octanol–water partition coefficient (Wildman–Crippen LogP) is 2.24. The Bertz CT molecular complexity index is 711. The van der Waals surface area contributed by atoms with Crippen molar-refractivity contribution in [2.24, 2.45) is 0 Å². The molecule has 0 aliphatic carbocycles. The molecule has 0 saturated carbocycles. The summed E-state index contributed by atoms with van der Waals surface area (Å²) in [6.07, 6.45) is 4.05. The molecule has 3 rings (SSSR count). The van der Waals surface area contributed by atoms with E-state index in [0.717, 1.165) is 44.4 Å². The summed E-state index contributed by atoms with van der Waals surface area (Å²) in [5.74, 6) is 0.853. The van der Waals surface area contributed by atoms with Gasteiger partial charge in [-0.1, -0.05) is 6.07 Å². The van der Waals surface area contributed by atoms with E-state index < -0.39 is 0 Å². The van der Waals surface area contributed by atoms with Crippen LogP contribution in [0.5, 0.6) is 0 Å². The summed E-state index contributed by atoms with van der Waals surface area (Å²) in [4.78, 5) is 25.3. The fourth-order valence-electron chi connectivity index (χ4n) is 2.93. The number of hydrogen-bond donors (Lipinski definition) is 1. The lowest BCUT2D eigenvalue weighted by Crippen LogP contribution is -2.47. The monoisotopic (exact) mass is 339 g/mol. The third-order valence-electron chi connectivity index (χ3n) is 4.65. The van der Waals surface area contributed by atoms with E-state index in [4.69, 9.17) is 0 Å². The van der Waals surface area contributed by atoms with Crippen LogP contribution in [0.4, 0.5) is 11.6 Å². The Morgan fingerprint density at radius 2 is 1.80 bits per heavy atom. The summed E-state index contributed by atoms with van der Waals surface area (Å²) in [6.45, 7) is 8.54. The fourth-order valence-corrected chi connectivity index (χ4v) is 2.93. The van der Waals surface area contributed by atoms with E-state index in [2.05, 4.69) is 38.9 Å². The van der Waals surface area contributed by atoms with Crippen LogP contribution in [0.15, 0.2) is 36.7 Å². The second kappa shape index (κ2) is 8.07. The molecule has 0 radical (unpaired) electrons. The van der Waals surface area contributed by atoms with Gasteiger partial charge in [0, 0.05) is 57.2 Å². The third-order valence-corrected chi connectivity index (χ3v) is 4.65. The minimum atomic E-state index is 0.0667. The van der Waals surface area contributed by atoms with Gasteiger partial charge in [-0.25, -0.2) is 9.97 Å². The van der Waals surface area contributed by atoms with Gasteiger partial charge in [-0.05, 0) is 43.2 Å². The van der Waals surface area contributed by atoms with Gasteiger partial charge in [-0.2, -0.15) is 0 Å². The molecule has 132 valence electrons. The second-order valence-corrected chi connectivity index (χ2v) is 6.47. The first-order valence-electron chi connectivity index (χ1n) is 8.73. The zero-order valence-electron chi connectivity index (χ0n) is 14.9. The van der Waals surface area contributed by atoms with Gasteiger partial charge in [0.25, 0.3) is 0 Å². The Morgan fingerprint density at radius 1 is 1.08 bits per heavy atom. The number of hydrogen-bond acceptors (Lipinski definition) is 5. The molecule has 0 unspecified atom stereocenters. The number of piperazine rings is 1. The topological polar surface area (TPSA) is 61.4 Å². The number of carbonyl (C=O) groups is 1. The van der Waals surface area contributed by atoms with E-state index in [1.807, 2.05) is 24.3 Å². The van der Waals surface area contributed by atoms with Crippen molar-refractivity contribution in [2.75, 3.05) is 42.9 Å². The number of nitrogens with zero attached hydrogens (tertiary/aromatic N) is 4. The predicted molar refractivity (Wildman–Crippen MR) is 99.8 cm³/mol. The van der Waals surface area contributed by atoms with E-state index >= 15 is 0 Å². The van der Waals surface area contributed by atoms with Crippen molar-refractivity contribution in [2.45, 2.75) is 20.3 Å². The molecule has 0 spiro atoms. The number of aryl methyl sites for hydroxylation is 2. The first-order valence-corrected chi connectivity index (χ1v) is 8.73. The van der Waals surface area contributed by atoms with Gasteiger partial charge >= 0.3 is 0 Å². The molecule has 6 nitrogen and oxygen atoms in total. The van der Waals surface area contributed by atoms with E-state index in [9.17, 15) is 4.79 Å². The highest BCUT2D eigenvalue weighted by atomic mass is 16.1. The number of amides is 1. The molecule has 1 aliphatic rings. The van der Waals surface area contributed by atoms with Gasteiger partial charge in [0.2, 0.25) is 11.9 Å². The molecule has 0 bridgehead atoms. The van der Waals surface area contributed by atoms with Crippen LogP contribution in [0.3, 0.4) is 0 Å². The highest BCUT2D eigenvalue weighted by Crippen LogP contribution is 2.15. The van der Waals surface area contributed by atoms with Crippen molar-refractivity contribution in [1.29, 1.82) is 0 Å². The summed E-state index contributed by atoms with van der Waals surface area (Å²) in [6, 6.07) is 7.84. The summed E-state index contributed by atoms with van der Waals surface area (Å²) in [7, 11) is 0. The lowest BCUT2D eigenvalue weighted by molar-refractivity contribution is -0.116. The van der Waals surface area contributed by atoms with Gasteiger partial charge in [0.05, 0.1) is 0 Å². The SMILES string of the molecule is Cc1ccc(NC(=O)CCN2CCN(c3ncccn3)CC2)cc1C. The zero-order chi connectivity index (χ0) is 17.6. The normalized spacial score (nSPS) is 15.2. The molecule has 2 aromatic rings. The lowest BCUT2D eigenvalue weighted by Gasteiger charge is -2.34. The highest BCUT2D eigenvalue weighted by molar-refractivity contribution is 5.90. The largest absolute Gasteiger partial charge is 0.338 e. The number of nitrogens with one attached hydrogen (secondary N) is 1. The van der Waals surface area contributed by atoms with Crippen LogP contribution in [-0.2, 0) is 4.79 Å². The van der Waals surface area contributed by atoms with Crippen LogP contribution in [0.25, 0.3) is 0 Å². The van der Waals surface area contributed by atoms with Gasteiger partial charge in [0.15, 0.2) is 0 Å². The van der Waals surface area contributed by atoms with Gasteiger partial charge in [0.1, 0.15) is 0 Å². The number of benzene rings is 1. The van der Waals surface area contributed by atoms with Crippen LogP contribution in [-0.4, -0.2) is 53.5 Å². The molecule has 1 aromatic heterocycles. The lowest BCUT2D eigenvalue weighted by atomic mass is 10.1. The number of carbonyl (C=O) groups excluding carboxylic acids is 1. The number of anilines is 2. The van der Waals surface area contributed by atoms with Gasteiger partial charge in [-0.3, -0.25) is 9.69 Å². The van der Waals surface area contributed by atoms with Crippen molar-refractivity contribution >= 4 is 17.5 Å². The summed E-state index contributed by atoms with van der Waals surface area (Å²) in [5, 5.41) is 2.99. The smallest absolute Gasteiger partial charge is 0.225 e. The molecule has 2 heterocycles. The second-order valence-electron chi connectivity index (χ2n) is 6.47. The van der Waals surface area contributed by atoms with Crippen LogP contribution in [0.2, 0.25) is 0 Å². The Morgan fingerprint density at radius 3 is 2.48 bits per heavy atom. The van der Waals surface area contributed by atoms with E-state index in [-0.39, 0.29) is 5.91 Å². The molecule has 1 aliphatic heterocycles. The van der Waals surface area contributed by atoms with Gasteiger partial charge < -0.3 is 10.2 Å². The quantitative estimate of drug-likeness (QED) is 0.905. The Hall–Kier alpha value is -2.47. The first-order chi connectivity index (χ1) is 12.1. The molecule has 1 aromatic carbocycles. The fraction of sp³-hybridized carbons (Fsp3) is 0.421. The van der Waals surface area contributed by atoms with Gasteiger partial charge in [-0.15, -0.1) is 0 Å². The summed E-state index contributed by atoms with van der Waals surface area (Å²) < 4.78 is 0. The third kappa shape index (κ3) is 4.76. The first kappa shape index (κ1) is 17.4. The zero-order valence-corrected chi connectivity index (χ0v) is 14.9. The minimum absolute atomic E-state index is 0.0667. The maximum atomic E-state index is 12.2. The molecule has 1 amide bonds. The summed E-state index contributed by atoms with van der Waals surface area (Å²) in [5.41, 5.74) is 3.30. The minimum Gasteiger partial charge on any atom is -0.338 e. The van der Waals surface area contributed by atoms with Crippen LogP contribution in [0, 0.1) is 13.8 Å². The van der Waals surface area contributed by atoms with E-state index in [0.29, 0.717) is 6.42 Å². The van der Waals surface area contributed by atoms with Crippen molar-refractivity contribution in [3.63, 3.8) is 0 Å². The van der Waals surface area contributed by atoms with E-state index in [1.54, 1.807) is 12.4 Å². The number of rotatable bonds is 5. The van der Waals surface area contributed by atoms with Crippen molar-refractivity contribution in [3.8, 4) is 0 Å². The maximum absolute atomic E-state index is 12.2. The highest BCUT2D eigenvalue weighted by Gasteiger charge is 2.19. The average molecular weight is 339 g/mol. The molecule has 1 N–H and O–H groups in total. The molecule has 0 atom stereocenters. The molecule has 1 saturated heterocycles. The summed E-state index contributed by atoms with van der Waals surface area (Å²) >= 11 is 0. The van der Waals surface area contributed by atoms with Crippen molar-refractivity contribution in [3.05, 3.63) is 47.8 Å². The van der Waals surface area contributed by atoms with Crippen LogP contribution < -0.4 is 10.2 Å². The average Bonchev–Trinajstić information content (AvgIpc) is 2.64. The van der Waals surface area contributed by atoms with Crippen LogP contribution in [0.1, 0.15) is 17.5 Å².